The molecule has 0 spiro atoms. The Kier molecular flexibility index (Phi) is 4.09. The zero-order chi connectivity index (χ0) is 22.4. The molecule has 6 rings (SSSR count). The standard InChI is InChI=1S/C24H16O4S4/c1-31(25,26)23-9-15-7-13-3-5-18-17(19(13)11-21(15)29-23)6-4-14-8-16-10-24(32(2,27)28)30-22(16)12-20(14)18/h3-12H,1-2H3. The molecule has 0 fully saturated rings. The lowest BCUT2D eigenvalue weighted by Gasteiger charge is -2.08. The van der Waals surface area contributed by atoms with Crippen molar-refractivity contribution >= 4 is 94.8 Å². The Hall–Kier alpha value is -2.52. The highest BCUT2D eigenvalue weighted by Crippen LogP contribution is 2.39. The van der Waals surface area contributed by atoms with Gasteiger partial charge in [0.05, 0.1) is 0 Å². The Bertz CT molecular complexity index is 1830. The van der Waals surface area contributed by atoms with Crippen LogP contribution in [0.3, 0.4) is 0 Å². The van der Waals surface area contributed by atoms with Gasteiger partial charge in [0.15, 0.2) is 19.7 Å². The molecule has 4 aromatic carbocycles. The van der Waals surface area contributed by atoms with E-state index >= 15 is 0 Å². The van der Waals surface area contributed by atoms with Crippen molar-refractivity contribution < 1.29 is 16.8 Å². The monoisotopic (exact) mass is 496 g/mol. The van der Waals surface area contributed by atoms with Gasteiger partial charge in [0.1, 0.15) is 8.42 Å². The van der Waals surface area contributed by atoms with E-state index in [4.69, 9.17) is 0 Å². The van der Waals surface area contributed by atoms with Crippen LogP contribution >= 0.6 is 22.7 Å². The fourth-order valence-electron chi connectivity index (χ4n) is 4.26. The third-order valence-corrected chi connectivity index (χ3v) is 11.6. The molecule has 2 aromatic heterocycles. The molecule has 32 heavy (non-hydrogen) atoms. The van der Waals surface area contributed by atoms with Crippen LogP contribution in [0.25, 0.3) is 52.5 Å². The second-order valence-electron chi connectivity index (χ2n) is 8.12. The largest absolute Gasteiger partial charge is 0.223 e. The Morgan fingerprint density at radius 3 is 1.28 bits per heavy atom. The van der Waals surface area contributed by atoms with Crippen LogP contribution in [0.2, 0.25) is 0 Å². The second kappa shape index (κ2) is 6.51. The maximum absolute atomic E-state index is 12.0. The van der Waals surface area contributed by atoms with Crippen LogP contribution in [0.5, 0.6) is 0 Å². The SMILES string of the molecule is CS(=O)(=O)c1cc2cc3ccc4c5cc6sc(S(C)(=O)=O)cc6cc5ccc4c3cc2s1. The number of thiophene rings is 2. The first-order chi connectivity index (χ1) is 15.1. The van der Waals surface area contributed by atoms with Crippen LogP contribution < -0.4 is 0 Å². The van der Waals surface area contributed by atoms with Gasteiger partial charge in [-0.05, 0) is 79.5 Å². The first-order valence-electron chi connectivity index (χ1n) is 9.74. The number of sulfone groups is 2. The average molecular weight is 497 g/mol. The van der Waals surface area contributed by atoms with Crippen molar-refractivity contribution in [2.24, 2.45) is 0 Å². The third-order valence-electron chi connectivity index (χ3n) is 5.79. The molecule has 0 radical (unpaired) electrons. The molecule has 0 aliphatic rings. The van der Waals surface area contributed by atoms with E-state index in [1.807, 2.05) is 12.1 Å². The molecule has 8 heteroatoms. The summed E-state index contributed by atoms with van der Waals surface area (Å²) in [6, 6.07) is 20.0. The zero-order valence-corrected chi connectivity index (χ0v) is 20.3. The summed E-state index contributed by atoms with van der Waals surface area (Å²) < 4.78 is 50.6. The summed E-state index contributed by atoms with van der Waals surface area (Å²) >= 11 is 2.59. The molecular formula is C24H16O4S4. The van der Waals surface area contributed by atoms with Gasteiger partial charge in [-0.15, -0.1) is 22.7 Å². The molecule has 0 atom stereocenters. The lowest BCUT2D eigenvalue weighted by atomic mass is 9.96. The third kappa shape index (κ3) is 3.05. The van der Waals surface area contributed by atoms with Gasteiger partial charge in [0.2, 0.25) is 0 Å². The van der Waals surface area contributed by atoms with Crippen molar-refractivity contribution in [1.29, 1.82) is 0 Å². The molecule has 0 saturated heterocycles. The number of benzene rings is 4. The Balaban J connectivity index is 1.67. The summed E-state index contributed by atoms with van der Waals surface area (Å²) in [7, 11) is -6.50. The normalized spacial score (nSPS) is 13.2. The average Bonchev–Trinajstić information content (AvgIpc) is 3.33. The number of hydrogen-bond acceptors (Lipinski definition) is 6. The number of hydrogen-bond donors (Lipinski definition) is 0. The summed E-state index contributed by atoms with van der Waals surface area (Å²) in [6.45, 7) is 0. The molecule has 0 aliphatic heterocycles. The smallest absolute Gasteiger partial charge is 0.184 e. The van der Waals surface area contributed by atoms with Crippen LogP contribution in [0.4, 0.5) is 0 Å². The fourth-order valence-corrected chi connectivity index (χ4v) is 8.33. The predicted octanol–water partition coefficient (Wildman–Crippen LogP) is 6.38. The van der Waals surface area contributed by atoms with E-state index in [9.17, 15) is 16.8 Å². The lowest BCUT2D eigenvalue weighted by molar-refractivity contribution is 0.602. The molecule has 0 saturated carbocycles. The van der Waals surface area contributed by atoms with Gasteiger partial charge in [-0.25, -0.2) is 16.8 Å². The molecule has 0 unspecified atom stereocenters. The Morgan fingerprint density at radius 1 is 0.500 bits per heavy atom. The van der Waals surface area contributed by atoms with Crippen LogP contribution in [0.1, 0.15) is 0 Å². The Morgan fingerprint density at radius 2 is 0.906 bits per heavy atom. The van der Waals surface area contributed by atoms with Crippen molar-refractivity contribution in [3.05, 3.63) is 60.7 Å². The van der Waals surface area contributed by atoms with Gasteiger partial charge >= 0.3 is 0 Å². The summed E-state index contributed by atoms with van der Waals surface area (Å²) in [5, 5.41) is 8.28. The molecule has 2 heterocycles. The molecule has 0 amide bonds. The summed E-state index contributed by atoms with van der Waals surface area (Å²) in [5.74, 6) is 0. The minimum Gasteiger partial charge on any atom is -0.223 e. The number of fused-ring (bicyclic) bond motifs is 7. The fraction of sp³-hybridized carbons (Fsp3) is 0.0833. The van der Waals surface area contributed by atoms with Crippen molar-refractivity contribution in [2.75, 3.05) is 12.5 Å². The van der Waals surface area contributed by atoms with Crippen molar-refractivity contribution in [2.45, 2.75) is 8.42 Å². The van der Waals surface area contributed by atoms with Crippen LogP contribution in [-0.4, -0.2) is 29.3 Å². The highest BCUT2D eigenvalue weighted by atomic mass is 32.2. The first-order valence-corrected chi connectivity index (χ1v) is 15.2. The molecule has 4 nitrogen and oxygen atoms in total. The van der Waals surface area contributed by atoms with Gasteiger partial charge in [0.25, 0.3) is 0 Å². The molecule has 0 bridgehead atoms. The zero-order valence-electron chi connectivity index (χ0n) is 17.0. The minimum absolute atomic E-state index is 0.374. The molecule has 6 aromatic rings. The number of rotatable bonds is 2. The van der Waals surface area contributed by atoms with E-state index in [-0.39, 0.29) is 0 Å². The molecule has 0 aliphatic carbocycles. The van der Waals surface area contributed by atoms with E-state index in [1.54, 1.807) is 12.1 Å². The summed E-state index contributed by atoms with van der Waals surface area (Å²) in [6.07, 6.45) is 2.47. The second-order valence-corrected chi connectivity index (χ2v) is 14.8. The lowest BCUT2D eigenvalue weighted by Crippen LogP contribution is -1.91. The predicted molar refractivity (Wildman–Crippen MR) is 136 cm³/mol. The molecular weight excluding hydrogens is 481 g/mol. The van der Waals surface area contributed by atoms with E-state index in [0.29, 0.717) is 8.42 Å². The molecule has 0 N–H and O–H groups in total. The molecule has 160 valence electrons. The van der Waals surface area contributed by atoms with Crippen LogP contribution in [-0.2, 0) is 19.7 Å². The highest BCUT2D eigenvalue weighted by molar-refractivity contribution is 7.93. The van der Waals surface area contributed by atoms with Gasteiger partial charge in [0, 0.05) is 21.9 Å². The van der Waals surface area contributed by atoms with Gasteiger partial charge in [-0.3, -0.25) is 0 Å². The summed E-state index contributed by atoms with van der Waals surface area (Å²) in [4.78, 5) is 0. The van der Waals surface area contributed by atoms with E-state index in [2.05, 4.69) is 36.4 Å². The maximum atomic E-state index is 12.0. The van der Waals surface area contributed by atoms with Crippen molar-refractivity contribution in [1.82, 2.24) is 0 Å². The highest BCUT2D eigenvalue weighted by Gasteiger charge is 2.15. The van der Waals surface area contributed by atoms with Gasteiger partial charge in [-0.1, -0.05) is 24.3 Å². The topological polar surface area (TPSA) is 68.3 Å². The Labute approximate surface area is 192 Å². The van der Waals surface area contributed by atoms with Crippen molar-refractivity contribution in [3.63, 3.8) is 0 Å². The summed E-state index contributed by atoms with van der Waals surface area (Å²) in [5.41, 5.74) is 0. The van der Waals surface area contributed by atoms with Crippen LogP contribution in [0, 0.1) is 0 Å². The van der Waals surface area contributed by atoms with Gasteiger partial charge in [-0.2, -0.15) is 0 Å². The van der Waals surface area contributed by atoms with Gasteiger partial charge < -0.3 is 0 Å². The van der Waals surface area contributed by atoms with E-state index < -0.39 is 19.7 Å². The first kappa shape index (κ1) is 20.1. The quantitative estimate of drug-likeness (QED) is 0.261. The maximum Gasteiger partial charge on any atom is 0.184 e. The van der Waals surface area contributed by atoms with Crippen LogP contribution in [0.15, 0.2) is 69.1 Å². The van der Waals surface area contributed by atoms with E-state index in [0.717, 1.165) is 52.5 Å². The van der Waals surface area contributed by atoms with E-state index in [1.165, 1.54) is 35.2 Å². The minimum atomic E-state index is -3.25. The van der Waals surface area contributed by atoms with Crippen molar-refractivity contribution in [3.8, 4) is 0 Å².